The second-order valence-electron chi connectivity index (χ2n) is 2.59. The molecule has 14 heavy (non-hydrogen) atoms. The van der Waals surface area contributed by atoms with Gasteiger partial charge in [-0.2, -0.15) is 13.2 Å². The van der Waals surface area contributed by atoms with Crippen LogP contribution in [-0.2, 0) is 17.5 Å². The van der Waals surface area contributed by atoms with E-state index in [2.05, 4.69) is 20.9 Å². The Morgan fingerprint density at radius 2 is 2.07 bits per heavy atom. The molecule has 0 saturated carbocycles. The third kappa shape index (κ3) is 2.95. The Kier molecular flexibility index (Phi) is 3.49. The fourth-order valence-corrected chi connectivity index (χ4v) is 1.40. The van der Waals surface area contributed by atoms with E-state index in [1.54, 1.807) is 0 Å². The van der Waals surface area contributed by atoms with Crippen LogP contribution in [0.3, 0.4) is 0 Å². The average Bonchev–Trinajstić information content (AvgIpc) is 2.02. The van der Waals surface area contributed by atoms with Gasteiger partial charge in [-0.1, -0.05) is 15.9 Å². The lowest BCUT2D eigenvalue weighted by Gasteiger charge is -2.08. The molecule has 0 amide bonds. The van der Waals surface area contributed by atoms with Gasteiger partial charge in [-0.3, -0.25) is 0 Å². The molecule has 6 heteroatoms. The van der Waals surface area contributed by atoms with E-state index in [4.69, 9.17) is 4.74 Å². The number of halogens is 4. The van der Waals surface area contributed by atoms with Crippen LogP contribution in [0.25, 0.3) is 0 Å². The van der Waals surface area contributed by atoms with E-state index in [1.165, 1.54) is 13.2 Å². The Morgan fingerprint density at radius 3 is 2.57 bits per heavy atom. The maximum absolute atomic E-state index is 12.3. The molecule has 0 unspecified atom stereocenters. The Morgan fingerprint density at radius 1 is 1.43 bits per heavy atom. The van der Waals surface area contributed by atoms with E-state index in [9.17, 15) is 13.2 Å². The lowest BCUT2D eigenvalue weighted by molar-refractivity contribution is -0.141. The van der Waals surface area contributed by atoms with E-state index in [-0.39, 0.29) is 12.3 Å². The minimum absolute atomic E-state index is 0.0581. The molecule has 0 spiro atoms. The first kappa shape index (κ1) is 11.5. The van der Waals surface area contributed by atoms with Crippen molar-refractivity contribution in [1.82, 2.24) is 4.98 Å². The fourth-order valence-electron chi connectivity index (χ4n) is 0.918. The summed E-state index contributed by atoms with van der Waals surface area (Å²) in [6.07, 6.45) is -4.42. The minimum atomic E-state index is -4.42. The summed E-state index contributed by atoms with van der Waals surface area (Å²) in [5, 5.41) is 0. The van der Waals surface area contributed by atoms with Crippen molar-refractivity contribution < 1.29 is 17.9 Å². The molecule has 0 atom stereocenters. The molecule has 1 aromatic heterocycles. The molecular weight excluding hydrogens is 263 g/mol. The second kappa shape index (κ2) is 4.27. The maximum Gasteiger partial charge on any atom is 0.433 e. The topological polar surface area (TPSA) is 22.1 Å². The van der Waals surface area contributed by atoms with E-state index >= 15 is 0 Å². The highest BCUT2D eigenvalue weighted by molar-refractivity contribution is 9.10. The number of pyridine rings is 1. The standard InChI is InChI=1S/C8H7BrF3NO/c1-14-4-6-2-5(9)3-7(13-6)8(10,11)12/h2-3H,4H2,1H3. The highest BCUT2D eigenvalue weighted by Crippen LogP contribution is 2.29. The quantitative estimate of drug-likeness (QED) is 0.824. The molecule has 0 aromatic carbocycles. The molecule has 0 bridgehead atoms. The Hall–Kier alpha value is -0.620. The SMILES string of the molecule is COCc1cc(Br)cc(C(F)(F)F)n1. The van der Waals surface area contributed by atoms with Gasteiger partial charge in [-0.05, 0) is 12.1 Å². The normalized spacial score (nSPS) is 11.8. The van der Waals surface area contributed by atoms with Crippen LogP contribution in [0.5, 0.6) is 0 Å². The number of aromatic nitrogens is 1. The molecule has 0 aliphatic carbocycles. The Bertz CT molecular complexity index is 327. The molecule has 0 fully saturated rings. The summed E-state index contributed by atoms with van der Waals surface area (Å²) in [7, 11) is 1.40. The summed E-state index contributed by atoms with van der Waals surface area (Å²) in [4.78, 5) is 3.41. The van der Waals surface area contributed by atoms with Gasteiger partial charge in [-0.25, -0.2) is 4.98 Å². The van der Waals surface area contributed by atoms with Gasteiger partial charge in [0, 0.05) is 11.6 Å². The first-order chi connectivity index (χ1) is 6.43. The smallest absolute Gasteiger partial charge is 0.378 e. The zero-order valence-electron chi connectivity index (χ0n) is 7.23. The van der Waals surface area contributed by atoms with Crippen LogP contribution in [0.4, 0.5) is 13.2 Å². The lowest BCUT2D eigenvalue weighted by atomic mass is 10.3. The van der Waals surface area contributed by atoms with Gasteiger partial charge in [0.15, 0.2) is 0 Å². The number of nitrogens with zero attached hydrogens (tertiary/aromatic N) is 1. The van der Waals surface area contributed by atoms with Gasteiger partial charge in [0.05, 0.1) is 12.3 Å². The zero-order valence-corrected chi connectivity index (χ0v) is 8.82. The predicted molar refractivity (Wildman–Crippen MR) is 47.7 cm³/mol. The highest BCUT2D eigenvalue weighted by atomic mass is 79.9. The maximum atomic E-state index is 12.3. The van der Waals surface area contributed by atoms with Gasteiger partial charge in [0.2, 0.25) is 0 Å². The summed E-state index contributed by atoms with van der Waals surface area (Å²) in [6.45, 7) is 0.0581. The van der Waals surface area contributed by atoms with Gasteiger partial charge in [0.25, 0.3) is 0 Å². The first-order valence-electron chi connectivity index (χ1n) is 3.66. The first-order valence-corrected chi connectivity index (χ1v) is 4.45. The van der Waals surface area contributed by atoms with Crippen LogP contribution < -0.4 is 0 Å². The number of alkyl halides is 3. The van der Waals surface area contributed by atoms with E-state index in [1.807, 2.05) is 0 Å². The van der Waals surface area contributed by atoms with Crippen molar-refractivity contribution in [2.75, 3.05) is 7.11 Å². The van der Waals surface area contributed by atoms with Crippen LogP contribution in [-0.4, -0.2) is 12.1 Å². The molecule has 78 valence electrons. The molecule has 0 aliphatic heterocycles. The third-order valence-electron chi connectivity index (χ3n) is 1.43. The molecule has 0 saturated heterocycles. The number of methoxy groups -OCH3 is 1. The minimum Gasteiger partial charge on any atom is -0.378 e. The van der Waals surface area contributed by atoms with Crippen molar-refractivity contribution in [3.63, 3.8) is 0 Å². The lowest BCUT2D eigenvalue weighted by Crippen LogP contribution is -2.09. The molecule has 1 aromatic rings. The van der Waals surface area contributed by atoms with Crippen molar-refractivity contribution in [2.24, 2.45) is 0 Å². The van der Waals surface area contributed by atoms with Crippen LogP contribution >= 0.6 is 15.9 Å². The molecule has 0 aliphatic rings. The molecule has 0 radical (unpaired) electrons. The molecule has 2 nitrogen and oxygen atoms in total. The number of hydrogen-bond acceptors (Lipinski definition) is 2. The summed E-state index contributed by atoms with van der Waals surface area (Å²) in [6, 6.07) is 2.41. The molecular formula is C8H7BrF3NO. The van der Waals surface area contributed by atoms with Gasteiger partial charge >= 0.3 is 6.18 Å². The monoisotopic (exact) mass is 269 g/mol. The third-order valence-corrected chi connectivity index (χ3v) is 1.88. The summed E-state index contributed by atoms with van der Waals surface area (Å²) >= 11 is 2.98. The molecule has 0 N–H and O–H groups in total. The van der Waals surface area contributed by atoms with Crippen molar-refractivity contribution in [1.29, 1.82) is 0 Å². The van der Waals surface area contributed by atoms with Crippen molar-refractivity contribution in [3.8, 4) is 0 Å². The van der Waals surface area contributed by atoms with Gasteiger partial charge < -0.3 is 4.74 Å². The second-order valence-corrected chi connectivity index (χ2v) is 3.51. The summed E-state index contributed by atoms with van der Waals surface area (Å²) in [5.74, 6) is 0. The van der Waals surface area contributed by atoms with Crippen molar-refractivity contribution in [2.45, 2.75) is 12.8 Å². The summed E-state index contributed by atoms with van der Waals surface area (Å²) < 4.78 is 41.8. The van der Waals surface area contributed by atoms with E-state index < -0.39 is 11.9 Å². The van der Waals surface area contributed by atoms with Gasteiger partial charge in [0.1, 0.15) is 5.69 Å². The van der Waals surface area contributed by atoms with Crippen LogP contribution in [0.1, 0.15) is 11.4 Å². The largest absolute Gasteiger partial charge is 0.433 e. The van der Waals surface area contributed by atoms with E-state index in [0.29, 0.717) is 4.47 Å². The predicted octanol–water partition coefficient (Wildman–Crippen LogP) is 3.01. The van der Waals surface area contributed by atoms with Crippen LogP contribution in [0, 0.1) is 0 Å². The molecule has 1 heterocycles. The average molecular weight is 270 g/mol. The number of hydrogen-bond donors (Lipinski definition) is 0. The van der Waals surface area contributed by atoms with E-state index in [0.717, 1.165) is 6.07 Å². The summed E-state index contributed by atoms with van der Waals surface area (Å²) in [5.41, 5.74) is -0.673. The van der Waals surface area contributed by atoms with Gasteiger partial charge in [-0.15, -0.1) is 0 Å². The highest BCUT2D eigenvalue weighted by Gasteiger charge is 2.32. The zero-order chi connectivity index (χ0) is 10.8. The van der Waals surface area contributed by atoms with Crippen LogP contribution in [0.15, 0.2) is 16.6 Å². The fraction of sp³-hybridized carbons (Fsp3) is 0.375. The number of rotatable bonds is 2. The van der Waals surface area contributed by atoms with Crippen molar-refractivity contribution in [3.05, 3.63) is 28.0 Å². The van der Waals surface area contributed by atoms with Crippen LogP contribution in [0.2, 0.25) is 0 Å². The Balaban J connectivity index is 3.07. The molecule has 1 rings (SSSR count). The van der Waals surface area contributed by atoms with Crippen molar-refractivity contribution >= 4 is 15.9 Å². The Labute approximate surface area is 87.2 Å². The number of ether oxygens (including phenoxy) is 1.